The Balaban J connectivity index is 1.61. The number of pyridine rings is 2. The molecule has 0 radical (unpaired) electrons. The van der Waals surface area contributed by atoms with Crippen LogP contribution in [0.15, 0.2) is 48.7 Å². The van der Waals surface area contributed by atoms with Crippen LogP contribution in [-0.2, 0) is 0 Å². The summed E-state index contributed by atoms with van der Waals surface area (Å²) in [5.41, 5.74) is 1.32. The van der Waals surface area contributed by atoms with Gasteiger partial charge in [0, 0.05) is 24.7 Å². The van der Waals surface area contributed by atoms with E-state index in [4.69, 9.17) is 4.74 Å². The molecule has 1 saturated heterocycles. The number of hydrogen-bond donors (Lipinski definition) is 2. The van der Waals surface area contributed by atoms with E-state index >= 15 is 0 Å². The minimum absolute atomic E-state index is 0.0595. The molecule has 0 amide bonds. The standard InChI is InChI=1S/C22H20F3N5O3/c1-33-17-4-2-3-12-5-7-14(26-19(12)17)21-28-27-18-8-6-13(9-30(18)21)20(22(23,24)25)29-10-15(31)16(32)11-29/h2-9,15-16,20,31-32H,10-11H2,1H3/t15-,16-,20?/m0/s1. The SMILES string of the molecule is COc1cccc2ccc(-c3nnc4ccc(C(N5C[C@H](O)[C@@H](O)C5)C(F)(F)F)cn34)nc12. The summed E-state index contributed by atoms with van der Waals surface area (Å²) in [7, 11) is 1.53. The third-order valence-corrected chi connectivity index (χ3v) is 5.84. The van der Waals surface area contributed by atoms with Gasteiger partial charge in [0.25, 0.3) is 0 Å². The molecule has 3 aromatic heterocycles. The van der Waals surface area contributed by atoms with Crippen LogP contribution in [-0.4, -0.2) is 73.3 Å². The lowest BCUT2D eigenvalue weighted by Crippen LogP contribution is -2.38. The molecular formula is C22H20F3N5O3. The van der Waals surface area contributed by atoms with Crippen molar-refractivity contribution < 1.29 is 28.1 Å². The Kier molecular flexibility index (Phi) is 5.19. The molecule has 0 saturated carbocycles. The average molecular weight is 459 g/mol. The van der Waals surface area contributed by atoms with E-state index in [1.54, 1.807) is 12.1 Å². The van der Waals surface area contributed by atoms with Crippen LogP contribution in [0.4, 0.5) is 13.2 Å². The number of para-hydroxylation sites is 1. The van der Waals surface area contributed by atoms with Crippen molar-refractivity contribution in [3.63, 3.8) is 0 Å². The number of rotatable bonds is 4. The molecule has 172 valence electrons. The van der Waals surface area contributed by atoms with Gasteiger partial charge in [0.1, 0.15) is 23.0 Å². The largest absolute Gasteiger partial charge is 0.494 e. The van der Waals surface area contributed by atoms with Crippen molar-refractivity contribution in [3.05, 3.63) is 54.2 Å². The second-order valence-corrected chi connectivity index (χ2v) is 7.98. The molecule has 0 spiro atoms. The molecule has 4 heterocycles. The van der Waals surface area contributed by atoms with Gasteiger partial charge in [0.05, 0.1) is 19.3 Å². The van der Waals surface area contributed by atoms with Gasteiger partial charge in [-0.15, -0.1) is 10.2 Å². The lowest BCUT2D eigenvalue weighted by Gasteiger charge is -2.29. The fourth-order valence-electron chi connectivity index (χ4n) is 4.27. The summed E-state index contributed by atoms with van der Waals surface area (Å²) < 4.78 is 49.0. The van der Waals surface area contributed by atoms with E-state index in [2.05, 4.69) is 15.2 Å². The highest BCUT2D eigenvalue weighted by atomic mass is 19.4. The number of fused-ring (bicyclic) bond motifs is 2. The lowest BCUT2D eigenvalue weighted by atomic mass is 10.1. The minimum Gasteiger partial charge on any atom is -0.494 e. The Labute approximate surface area is 185 Å². The molecule has 1 unspecified atom stereocenters. The van der Waals surface area contributed by atoms with Crippen LogP contribution < -0.4 is 4.74 Å². The number of likely N-dealkylation sites (tertiary alicyclic amines) is 1. The van der Waals surface area contributed by atoms with E-state index in [1.165, 1.54) is 29.8 Å². The predicted molar refractivity (Wildman–Crippen MR) is 113 cm³/mol. The molecule has 33 heavy (non-hydrogen) atoms. The number of aliphatic hydroxyl groups excluding tert-OH is 2. The van der Waals surface area contributed by atoms with Gasteiger partial charge < -0.3 is 14.9 Å². The molecular weight excluding hydrogens is 439 g/mol. The first-order valence-corrected chi connectivity index (χ1v) is 10.2. The lowest BCUT2D eigenvalue weighted by molar-refractivity contribution is -0.185. The Hall–Kier alpha value is -3.28. The monoisotopic (exact) mass is 459 g/mol. The molecule has 5 rings (SSSR count). The van der Waals surface area contributed by atoms with Crippen LogP contribution in [0.3, 0.4) is 0 Å². The second-order valence-electron chi connectivity index (χ2n) is 7.98. The third-order valence-electron chi connectivity index (χ3n) is 5.84. The first-order chi connectivity index (χ1) is 15.8. The van der Waals surface area contributed by atoms with Crippen molar-refractivity contribution in [2.75, 3.05) is 20.2 Å². The Morgan fingerprint density at radius 3 is 2.48 bits per heavy atom. The van der Waals surface area contributed by atoms with Crippen LogP contribution in [0.1, 0.15) is 11.6 Å². The smallest absolute Gasteiger partial charge is 0.408 e. The number of aromatic nitrogens is 4. The first-order valence-electron chi connectivity index (χ1n) is 10.2. The van der Waals surface area contributed by atoms with E-state index in [0.717, 1.165) is 10.3 Å². The number of ether oxygens (including phenoxy) is 1. The number of benzene rings is 1. The molecule has 1 aromatic carbocycles. The van der Waals surface area contributed by atoms with Crippen molar-refractivity contribution >= 4 is 16.6 Å². The molecule has 3 atom stereocenters. The van der Waals surface area contributed by atoms with Crippen molar-refractivity contribution in [1.29, 1.82) is 0 Å². The summed E-state index contributed by atoms with van der Waals surface area (Å²) in [5.74, 6) is 0.842. The number of halogens is 3. The van der Waals surface area contributed by atoms with Crippen LogP contribution >= 0.6 is 0 Å². The van der Waals surface area contributed by atoms with Gasteiger partial charge in [-0.25, -0.2) is 4.98 Å². The normalized spacial score (nSPS) is 20.5. The zero-order valence-corrected chi connectivity index (χ0v) is 17.4. The quantitative estimate of drug-likeness (QED) is 0.484. The molecule has 1 aliphatic rings. The topological polar surface area (TPSA) is 96.0 Å². The van der Waals surface area contributed by atoms with E-state index < -0.39 is 24.4 Å². The molecule has 11 heteroatoms. The summed E-state index contributed by atoms with van der Waals surface area (Å²) in [6.07, 6.45) is -5.77. The van der Waals surface area contributed by atoms with E-state index in [1.807, 2.05) is 18.2 Å². The number of methoxy groups -OCH3 is 1. The highest BCUT2D eigenvalue weighted by Gasteiger charge is 2.48. The molecule has 8 nitrogen and oxygen atoms in total. The number of alkyl halides is 3. The second kappa shape index (κ2) is 7.94. The number of hydrogen-bond acceptors (Lipinski definition) is 7. The molecule has 0 aliphatic carbocycles. The van der Waals surface area contributed by atoms with E-state index in [-0.39, 0.29) is 24.5 Å². The maximum absolute atomic E-state index is 14.0. The number of nitrogens with zero attached hydrogens (tertiary/aromatic N) is 5. The van der Waals surface area contributed by atoms with Crippen LogP contribution in [0, 0.1) is 0 Å². The molecule has 1 aliphatic heterocycles. The third kappa shape index (κ3) is 3.77. The van der Waals surface area contributed by atoms with Crippen LogP contribution in [0.2, 0.25) is 0 Å². The first kappa shape index (κ1) is 21.6. The van der Waals surface area contributed by atoms with Gasteiger partial charge in [-0.3, -0.25) is 9.30 Å². The average Bonchev–Trinajstić information content (AvgIpc) is 3.34. The zero-order valence-electron chi connectivity index (χ0n) is 17.4. The Bertz CT molecular complexity index is 1320. The van der Waals surface area contributed by atoms with Crippen molar-refractivity contribution in [1.82, 2.24) is 24.5 Å². The fraction of sp³-hybridized carbons (Fsp3) is 0.318. The van der Waals surface area contributed by atoms with Crippen molar-refractivity contribution in [2.45, 2.75) is 24.4 Å². The van der Waals surface area contributed by atoms with Gasteiger partial charge in [0.15, 0.2) is 11.5 Å². The van der Waals surface area contributed by atoms with E-state index in [9.17, 15) is 23.4 Å². The van der Waals surface area contributed by atoms with E-state index in [0.29, 0.717) is 22.6 Å². The molecule has 4 aromatic rings. The van der Waals surface area contributed by atoms with Crippen molar-refractivity contribution in [3.8, 4) is 17.3 Å². The van der Waals surface area contributed by atoms with Crippen molar-refractivity contribution in [2.24, 2.45) is 0 Å². The summed E-state index contributed by atoms with van der Waals surface area (Å²) in [6.45, 7) is -0.575. The zero-order chi connectivity index (χ0) is 23.3. The summed E-state index contributed by atoms with van der Waals surface area (Å²) in [6, 6.07) is 9.82. The van der Waals surface area contributed by atoms with Gasteiger partial charge in [0.2, 0.25) is 0 Å². The maximum atomic E-state index is 14.0. The number of β-amino-alcohol motifs (C(OH)–C–C–N with tert-alkyl or cyclic N) is 2. The van der Waals surface area contributed by atoms with Crippen LogP contribution in [0.5, 0.6) is 5.75 Å². The summed E-state index contributed by atoms with van der Waals surface area (Å²) in [4.78, 5) is 5.64. The molecule has 0 bridgehead atoms. The molecule has 1 fully saturated rings. The Morgan fingerprint density at radius 2 is 1.79 bits per heavy atom. The summed E-state index contributed by atoms with van der Waals surface area (Å²) >= 11 is 0. The number of aliphatic hydroxyl groups is 2. The minimum atomic E-state index is -4.62. The summed E-state index contributed by atoms with van der Waals surface area (Å²) in [5, 5.41) is 28.6. The maximum Gasteiger partial charge on any atom is 0.408 e. The fourth-order valence-corrected chi connectivity index (χ4v) is 4.27. The van der Waals surface area contributed by atoms with Gasteiger partial charge >= 0.3 is 6.18 Å². The predicted octanol–water partition coefficient (Wildman–Crippen LogP) is 2.59. The Morgan fingerprint density at radius 1 is 1.03 bits per heavy atom. The van der Waals surface area contributed by atoms with Crippen LogP contribution in [0.25, 0.3) is 28.1 Å². The highest BCUT2D eigenvalue weighted by molar-refractivity contribution is 5.86. The molecule has 2 N–H and O–H groups in total. The van der Waals surface area contributed by atoms with Gasteiger partial charge in [-0.1, -0.05) is 24.3 Å². The van der Waals surface area contributed by atoms with Gasteiger partial charge in [-0.2, -0.15) is 13.2 Å². The van der Waals surface area contributed by atoms with Gasteiger partial charge in [-0.05, 0) is 23.8 Å². The highest BCUT2D eigenvalue weighted by Crippen LogP contribution is 2.40.